The van der Waals surface area contributed by atoms with Gasteiger partial charge < -0.3 is 26.5 Å². The Labute approximate surface area is 255 Å². The second kappa shape index (κ2) is 15.0. The maximum atomic E-state index is 13.2. The van der Waals surface area contributed by atoms with E-state index in [1.54, 1.807) is 18.2 Å². The molecule has 0 saturated heterocycles. The summed E-state index contributed by atoms with van der Waals surface area (Å²) in [6, 6.07) is 6.70. The molecule has 43 heavy (non-hydrogen) atoms. The molecule has 2 aliphatic rings. The Morgan fingerprint density at radius 3 is 2.81 bits per heavy atom. The molecule has 2 bridgehead atoms. The van der Waals surface area contributed by atoms with Crippen molar-refractivity contribution in [1.82, 2.24) is 20.3 Å². The highest BCUT2D eigenvalue weighted by Gasteiger charge is 2.24. The average molecular weight is 606 g/mol. The number of hydrogen-bond acceptors (Lipinski definition) is 10. The Morgan fingerprint density at radius 1 is 1.23 bits per heavy atom. The molecular weight excluding hydrogens is 570 g/mol. The van der Waals surface area contributed by atoms with E-state index in [9.17, 15) is 9.59 Å². The fraction of sp³-hybridized carbons (Fsp3) is 0.300. The lowest BCUT2D eigenvalue weighted by Crippen LogP contribution is -2.31. The van der Waals surface area contributed by atoms with E-state index in [1.165, 1.54) is 30.9 Å². The monoisotopic (exact) mass is 605 g/mol. The number of hydrazine groups is 1. The average Bonchev–Trinajstić information content (AvgIpc) is 3.20. The van der Waals surface area contributed by atoms with E-state index in [1.807, 2.05) is 37.4 Å². The number of hydrazone groups is 1. The van der Waals surface area contributed by atoms with Gasteiger partial charge in [-0.2, -0.15) is 5.10 Å². The van der Waals surface area contributed by atoms with Crippen LogP contribution in [0, 0.1) is 0 Å². The fourth-order valence-corrected chi connectivity index (χ4v) is 5.10. The van der Waals surface area contributed by atoms with E-state index < -0.39 is 12.1 Å². The van der Waals surface area contributed by atoms with Crippen molar-refractivity contribution < 1.29 is 14.3 Å². The molecule has 12 nitrogen and oxygen atoms in total. The van der Waals surface area contributed by atoms with Gasteiger partial charge in [0.15, 0.2) is 0 Å². The molecule has 0 fully saturated rings. The number of aromatic nitrogens is 2. The minimum atomic E-state index is -0.546. The molecule has 2 aromatic rings. The zero-order valence-electron chi connectivity index (χ0n) is 24.1. The Kier molecular flexibility index (Phi) is 10.9. The predicted molar refractivity (Wildman–Crippen MR) is 168 cm³/mol. The van der Waals surface area contributed by atoms with Crippen LogP contribution in [0.1, 0.15) is 43.8 Å². The highest BCUT2D eigenvalue weighted by molar-refractivity contribution is 6.30. The molecule has 0 spiro atoms. The minimum Gasteiger partial charge on any atom is -0.467 e. The number of nitrogens with one attached hydrogen (secondary N) is 3. The molecule has 1 aromatic carbocycles. The summed E-state index contributed by atoms with van der Waals surface area (Å²) in [5.41, 5.74) is 4.90. The molecular formula is C30H36ClN9O3. The van der Waals surface area contributed by atoms with Crippen molar-refractivity contribution in [2.45, 2.75) is 44.2 Å². The van der Waals surface area contributed by atoms with Crippen molar-refractivity contribution in [3.63, 3.8) is 0 Å². The van der Waals surface area contributed by atoms with Crippen LogP contribution in [0.3, 0.4) is 0 Å². The van der Waals surface area contributed by atoms with Crippen molar-refractivity contribution in [2.75, 3.05) is 24.8 Å². The zero-order valence-corrected chi connectivity index (χ0v) is 24.8. The van der Waals surface area contributed by atoms with E-state index in [0.717, 1.165) is 29.8 Å². The van der Waals surface area contributed by atoms with Gasteiger partial charge in [0.25, 0.3) is 0 Å². The lowest BCUT2D eigenvalue weighted by Gasteiger charge is -2.23. The van der Waals surface area contributed by atoms with Crippen LogP contribution in [0.15, 0.2) is 82.4 Å². The number of benzene rings is 1. The lowest BCUT2D eigenvalue weighted by molar-refractivity contribution is -0.141. The zero-order chi connectivity index (χ0) is 30.8. The fourth-order valence-electron chi connectivity index (χ4n) is 4.89. The van der Waals surface area contributed by atoms with Gasteiger partial charge in [0, 0.05) is 47.1 Å². The molecule has 2 heterocycles. The number of methoxy groups -OCH3 is 1. The molecule has 1 amide bonds. The van der Waals surface area contributed by atoms with Crippen LogP contribution in [-0.2, 0) is 14.3 Å². The summed E-state index contributed by atoms with van der Waals surface area (Å²) in [6.07, 6.45) is 14.3. The van der Waals surface area contributed by atoms with Gasteiger partial charge in [-0.25, -0.2) is 20.6 Å². The van der Waals surface area contributed by atoms with E-state index >= 15 is 0 Å². The number of halogens is 1. The van der Waals surface area contributed by atoms with Crippen LogP contribution >= 0.6 is 11.6 Å². The number of hydrogen-bond donors (Lipinski definition) is 5. The first-order chi connectivity index (χ1) is 20.8. The van der Waals surface area contributed by atoms with Crippen LogP contribution in [-0.4, -0.2) is 53.4 Å². The van der Waals surface area contributed by atoms with Crippen molar-refractivity contribution in [3.8, 4) is 11.3 Å². The van der Waals surface area contributed by atoms with Gasteiger partial charge in [-0.1, -0.05) is 30.5 Å². The smallest absolute Gasteiger partial charge is 0.328 e. The third-order valence-corrected chi connectivity index (χ3v) is 7.34. The number of esters is 1. The molecule has 1 unspecified atom stereocenters. The predicted octanol–water partition coefficient (Wildman–Crippen LogP) is 3.84. The van der Waals surface area contributed by atoms with Crippen LogP contribution in [0.25, 0.3) is 11.3 Å². The summed E-state index contributed by atoms with van der Waals surface area (Å²) < 4.78 is 5.08. The van der Waals surface area contributed by atoms with Gasteiger partial charge in [0.2, 0.25) is 5.91 Å². The minimum absolute atomic E-state index is 0.328. The maximum absolute atomic E-state index is 13.2. The first-order valence-electron chi connectivity index (χ1n) is 13.8. The number of carbonyl (C=O) groups is 2. The second-order valence-corrected chi connectivity index (χ2v) is 10.4. The highest BCUT2D eigenvalue weighted by atomic mass is 35.5. The number of ether oxygens (including phenoxy) is 1. The Morgan fingerprint density at radius 2 is 2.05 bits per heavy atom. The summed E-state index contributed by atoms with van der Waals surface area (Å²) in [6.45, 7) is 0. The van der Waals surface area contributed by atoms with E-state index in [4.69, 9.17) is 28.0 Å². The molecule has 1 aromatic heterocycles. The van der Waals surface area contributed by atoms with Crippen LogP contribution < -0.4 is 27.6 Å². The number of amides is 1. The number of allylic oxidation sites excluding steroid dienone is 6. The largest absolute Gasteiger partial charge is 0.467 e. The molecule has 4 rings (SSSR count). The Balaban J connectivity index is 1.65. The van der Waals surface area contributed by atoms with E-state index in [-0.39, 0.29) is 11.9 Å². The number of nitrogens with zero attached hydrogens (tertiary/aromatic N) is 4. The molecule has 226 valence electrons. The summed E-state index contributed by atoms with van der Waals surface area (Å²) in [5, 5.41) is 14.9. The first kappa shape index (κ1) is 31.3. The molecule has 7 N–H and O–H groups in total. The molecule has 0 radical (unpaired) electrons. The van der Waals surface area contributed by atoms with Crippen molar-refractivity contribution in [2.24, 2.45) is 16.8 Å². The number of anilines is 2. The third kappa shape index (κ3) is 8.21. The Bertz CT molecular complexity index is 1480. The molecule has 2 atom stereocenters. The molecule has 0 saturated carbocycles. The lowest BCUT2D eigenvalue weighted by atomic mass is 9.98. The van der Waals surface area contributed by atoms with E-state index in [2.05, 4.69) is 31.0 Å². The normalized spacial score (nSPS) is 18.9. The Hall–Kier alpha value is -4.68. The molecule has 1 aliphatic carbocycles. The maximum Gasteiger partial charge on any atom is 0.328 e. The number of carbonyl (C=O) groups excluding carboxylic acids is 2. The summed E-state index contributed by atoms with van der Waals surface area (Å²) >= 11 is 6.32. The van der Waals surface area contributed by atoms with Gasteiger partial charge in [0.1, 0.15) is 18.7 Å². The molecule has 13 heteroatoms. The van der Waals surface area contributed by atoms with Crippen LogP contribution in [0.5, 0.6) is 0 Å². The quantitative estimate of drug-likeness (QED) is 0.0779. The number of rotatable bonds is 7. The van der Waals surface area contributed by atoms with Gasteiger partial charge in [-0.05, 0) is 55.3 Å². The topological polar surface area (TPSA) is 173 Å². The van der Waals surface area contributed by atoms with Gasteiger partial charge in [-0.3, -0.25) is 9.80 Å². The van der Waals surface area contributed by atoms with Crippen molar-refractivity contribution in [1.29, 1.82) is 0 Å². The molecule has 1 aliphatic heterocycles. The summed E-state index contributed by atoms with van der Waals surface area (Å²) in [4.78, 5) is 34.9. The van der Waals surface area contributed by atoms with Gasteiger partial charge >= 0.3 is 5.97 Å². The second-order valence-electron chi connectivity index (χ2n) is 9.95. The van der Waals surface area contributed by atoms with Gasteiger partial charge in [0.05, 0.1) is 30.2 Å². The van der Waals surface area contributed by atoms with Crippen LogP contribution in [0.4, 0.5) is 11.4 Å². The number of fused-ring (bicyclic) bond motifs is 4. The third-order valence-electron chi connectivity index (χ3n) is 7.08. The van der Waals surface area contributed by atoms with Gasteiger partial charge in [-0.15, -0.1) is 0 Å². The standard InChI is InChI=1S/C30H36ClN9O3/c1-34-21-11-12-22-25-16-27(36-17-35-25)23(7-3-4-8-24(30(42)43-2)38-26(22)15-21)39-29(41)13-10-19-14-20(31)6-5-9-28(19)40(33)18-37-32/h5,9-18,23-24,34,38H,3-4,6-8,32-33H2,1-2H3,(H,39,41)/b13-10+,37-18-/t23-,24?/m0/s1. The summed E-state index contributed by atoms with van der Waals surface area (Å²) in [5.74, 6) is 10.7. The first-order valence-corrected chi connectivity index (χ1v) is 14.2. The highest BCUT2D eigenvalue weighted by Crippen LogP contribution is 2.33. The van der Waals surface area contributed by atoms with Crippen molar-refractivity contribution >= 4 is 41.2 Å². The summed E-state index contributed by atoms with van der Waals surface area (Å²) in [7, 11) is 3.21. The number of nitrogens with two attached hydrogens (primary N) is 2. The van der Waals surface area contributed by atoms with Crippen molar-refractivity contribution in [3.05, 3.63) is 83.0 Å². The van der Waals surface area contributed by atoms with E-state index in [0.29, 0.717) is 47.0 Å². The SMILES string of the molecule is CNc1ccc2c(c1)NC(C(=O)OC)CCCC[C@H](NC(=O)/C=C/C1=C(N(N)/C=N\N)C=CCC(Cl)=C1)c1cc-2ncn1. The van der Waals surface area contributed by atoms with Crippen LogP contribution in [0.2, 0.25) is 0 Å².